The third-order valence-corrected chi connectivity index (χ3v) is 3.92. The molecule has 2 unspecified atom stereocenters. The summed E-state index contributed by atoms with van der Waals surface area (Å²) in [6.07, 6.45) is 2.64. The molecule has 4 heteroatoms. The fourth-order valence-corrected chi connectivity index (χ4v) is 2.66. The molecule has 0 aliphatic carbocycles. The second kappa shape index (κ2) is 6.07. The fraction of sp³-hybridized carbons (Fsp3) is 0.357. The maximum absolute atomic E-state index is 13.8. The molecule has 0 fully saturated rings. The van der Waals surface area contributed by atoms with Crippen LogP contribution in [0, 0.1) is 5.82 Å². The fourth-order valence-electron chi connectivity index (χ4n) is 2.01. The van der Waals surface area contributed by atoms with E-state index in [1.807, 2.05) is 17.5 Å². The number of hydrogen-bond acceptors (Lipinski definition) is 3. The molecule has 18 heavy (non-hydrogen) atoms. The monoisotopic (exact) mass is 264 g/mol. The first-order chi connectivity index (χ1) is 8.72. The van der Waals surface area contributed by atoms with Crippen LogP contribution in [-0.4, -0.2) is 4.98 Å². The molecule has 0 spiro atoms. The number of nitrogens with zero attached hydrogens (tertiary/aromatic N) is 1. The van der Waals surface area contributed by atoms with E-state index in [-0.39, 0.29) is 17.9 Å². The molecule has 1 N–H and O–H groups in total. The van der Waals surface area contributed by atoms with Gasteiger partial charge in [-0.2, -0.15) is 0 Å². The lowest BCUT2D eigenvalue weighted by Crippen LogP contribution is -2.24. The van der Waals surface area contributed by atoms with Crippen LogP contribution < -0.4 is 5.32 Å². The van der Waals surface area contributed by atoms with Gasteiger partial charge in [0.1, 0.15) is 10.8 Å². The van der Waals surface area contributed by atoms with Crippen molar-refractivity contribution in [2.45, 2.75) is 32.4 Å². The Morgan fingerprint density at radius 3 is 2.78 bits per heavy atom. The lowest BCUT2D eigenvalue weighted by Gasteiger charge is -2.21. The van der Waals surface area contributed by atoms with E-state index in [0.717, 1.165) is 17.0 Å². The number of thiazole rings is 1. The van der Waals surface area contributed by atoms with Crippen molar-refractivity contribution in [3.05, 3.63) is 52.2 Å². The van der Waals surface area contributed by atoms with Crippen molar-refractivity contribution in [2.75, 3.05) is 0 Å². The van der Waals surface area contributed by atoms with Gasteiger partial charge in [-0.1, -0.05) is 25.1 Å². The van der Waals surface area contributed by atoms with Gasteiger partial charge in [0.15, 0.2) is 0 Å². The van der Waals surface area contributed by atoms with Crippen LogP contribution in [-0.2, 0) is 0 Å². The number of aromatic nitrogens is 1. The molecule has 0 bridgehead atoms. The van der Waals surface area contributed by atoms with Crippen LogP contribution in [0.4, 0.5) is 4.39 Å². The summed E-state index contributed by atoms with van der Waals surface area (Å²) in [6, 6.07) is 7.09. The Morgan fingerprint density at radius 2 is 2.17 bits per heavy atom. The average Bonchev–Trinajstić information content (AvgIpc) is 2.90. The first-order valence-corrected chi connectivity index (χ1v) is 7.00. The van der Waals surface area contributed by atoms with Gasteiger partial charge in [0.2, 0.25) is 0 Å². The molecule has 1 aromatic heterocycles. The molecule has 2 aromatic rings. The first kappa shape index (κ1) is 13.2. The van der Waals surface area contributed by atoms with Crippen LogP contribution in [0.15, 0.2) is 35.8 Å². The Morgan fingerprint density at radius 1 is 1.39 bits per heavy atom. The van der Waals surface area contributed by atoms with Crippen molar-refractivity contribution in [3.8, 4) is 0 Å². The third-order valence-electron chi connectivity index (χ3n) is 2.96. The van der Waals surface area contributed by atoms with Gasteiger partial charge < -0.3 is 5.32 Å². The van der Waals surface area contributed by atoms with Crippen LogP contribution in [0.2, 0.25) is 0 Å². The highest BCUT2D eigenvalue weighted by atomic mass is 32.1. The summed E-state index contributed by atoms with van der Waals surface area (Å²) in [5, 5.41) is 6.42. The van der Waals surface area contributed by atoms with E-state index in [0.29, 0.717) is 0 Å². The topological polar surface area (TPSA) is 24.9 Å². The zero-order valence-electron chi connectivity index (χ0n) is 10.6. The predicted octanol–water partition coefficient (Wildman–Crippen LogP) is 4.08. The second-order valence-corrected chi connectivity index (χ2v) is 5.17. The Hall–Kier alpha value is -1.26. The van der Waals surface area contributed by atoms with Gasteiger partial charge in [-0.15, -0.1) is 11.3 Å². The van der Waals surface area contributed by atoms with Crippen LogP contribution >= 0.6 is 11.3 Å². The number of benzene rings is 1. The molecule has 96 valence electrons. The van der Waals surface area contributed by atoms with Crippen LogP contribution in [0.25, 0.3) is 0 Å². The molecule has 1 aromatic carbocycles. The van der Waals surface area contributed by atoms with Gasteiger partial charge in [0, 0.05) is 23.2 Å². The maximum atomic E-state index is 13.8. The van der Waals surface area contributed by atoms with E-state index in [1.165, 1.54) is 6.07 Å². The molecule has 0 aliphatic heterocycles. The van der Waals surface area contributed by atoms with Crippen molar-refractivity contribution in [3.63, 3.8) is 0 Å². The summed E-state index contributed by atoms with van der Waals surface area (Å²) in [5.41, 5.74) is 0.725. The molecular weight excluding hydrogens is 247 g/mol. The quantitative estimate of drug-likeness (QED) is 0.880. The van der Waals surface area contributed by atoms with Gasteiger partial charge in [0.05, 0.1) is 6.04 Å². The summed E-state index contributed by atoms with van der Waals surface area (Å²) in [6.45, 7) is 4.11. The first-order valence-electron chi connectivity index (χ1n) is 6.12. The zero-order valence-corrected chi connectivity index (χ0v) is 11.4. The minimum absolute atomic E-state index is 0.0186. The number of hydrogen-bond donors (Lipinski definition) is 1. The third kappa shape index (κ3) is 2.94. The molecule has 0 saturated heterocycles. The van der Waals surface area contributed by atoms with Crippen molar-refractivity contribution in [1.82, 2.24) is 10.3 Å². The van der Waals surface area contributed by atoms with E-state index in [9.17, 15) is 4.39 Å². The number of halogens is 1. The highest BCUT2D eigenvalue weighted by Gasteiger charge is 2.17. The Bertz CT molecular complexity index is 484. The minimum Gasteiger partial charge on any atom is -0.301 e. The smallest absolute Gasteiger partial charge is 0.127 e. The average molecular weight is 264 g/mol. The van der Waals surface area contributed by atoms with Gasteiger partial charge in [-0.05, 0) is 19.4 Å². The zero-order chi connectivity index (χ0) is 13.0. The van der Waals surface area contributed by atoms with Gasteiger partial charge in [0.25, 0.3) is 0 Å². The van der Waals surface area contributed by atoms with Crippen LogP contribution in [0.5, 0.6) is 0 Å². The molecule has 0 amide bonds. The summed E-state index contributed by atoms with van der Waals surface area (Å²) in [7, 11) is 0. The van der Waals surface area contributed by atoms with E-state index < -0.39 is 0 Å². The molecule has 0 aliphatic rings. The van der Waals surface area contributed by atoms with Gasteiger partial charge >= 0.3 is 0 Å². The maximum Gasteiger partial charge on any atom is 0.127 e. The summed E-state index contributed by atoms with van der Waals surface area (Å²) in [4.78, 5) is 4.28. The van der Waals surface area contributed by atoms with Crippen molar-refractivity contribution in [1.29, 1.82) is 0 Å². The van der Waals surface area contributed by atoms with E-state index >= 15 is 0 Å². The normalized spacial score (nSPS) is 14.4. The molecular formula is C14H17FN2S. The van der Waals surface area contributed by atoms with Crippen LogP contribution in [0.1, 0.15) is 42.9 Å². The number of nitrogens with one attached hydrogen (secondary N) is 1. The highest BCUT2D eigenvalue weighted by Crippen LogP contribution is 2.24. The lowest BCUT2D eigenvalue weighted by molar-refractivity contribution is 0.438. The molecule has 0 radical (unpaired) electrons. The Balaban J connectivity index is 2.13. The highest BCUT2D eigenvalue weighted by molar-refractivity contribution is 7.09. The van der Waals surface area contributed by atoms with Gasteiger partial charge in [-0.25, -0.2) is 9.37 Å². The van der Waals surface area contributed by atoms with Gasteiger partial charge in [-0.3, -0.25) is 0 Å². The second-order valence-electron chi connectivity index (χ2n) is 4.24. The lowest BCUT2D eigenvalue weighted by atomic mass is 10.0. The summed E-state index contributed by atoms with van der Waals surface area (Å²) in [5.74, 6) is -0.150. The minimum atomic E-state index is -0.150. The van der Waals surface area contributed by atoms with Crippen LogP contribution in [0.3, 0.4) is 0 Å². The van der Waals surface area contributed by atoms with Crippen molar-refractivity contribution < 1.29 is 4.39 Å². The van der Waals surface area contributed by atoms with Crippen molar-refractivity contribution >= 4 is 11.3 Å². The number of rotatable bonds is 5. The molecule has 2 nitrogen and oxygen atoms in total. The summed E-state index contributed by atoms with van der Waals surface area (Å²) < 4.78 is 13.8. The Kier molecular flexibility index (Phi) is 4.44. The SMILES string of the molecule is CCC(NC(C)c1nccs1)c1ccccc1F. The Labute approximate surface area is 111 Å². The van der Waals surface area contributed by atoms with E-state index in [1.54, 1.807) is 23.6 Å². The summed E-state index contributed by atoms with van der Waals surface area (Å²) >= 11 is 1.62. The standard InChI is InChI=1S/C14H17FN2S/c1-3-13(11-6-4-5-7-12(11)15)17-10(2)14-16-8-9-18-14/h4-10,13,17H,3H2,1-2H3. The van der Waals surface area contributed by atoms with E-state index in [4.69, 9.17) is 0 Å². The predicted molar refractivity (Wildman–Crippen MR) is 73.1 cm³/mol. The molecule has 0 saturated carbocycles. The molecule has 2 rings (SSSR count). The van der Waals surface area contributed by atoms with E-state index in [2.05, 4.69) is 24.1 Å². The van der Waals surface area contributed by atoms with Crippen molar-refractivity contribution in [2.24, 2.45) is 0 Å². The largest absolute Gasteiger partial charge is 0.301 e. The molecule has 1 heterocycles. The molecule has 2 atom stereocenters.